The summed E-state index contributed by atoms with van der Waals surface area (Å²) in [7, 11) is 0. The van der Waals surface area contributed by atoms with Gasteiger partial charge in [0.05, 0.1) is 6.10 Å². The largest absolute Gasteiger partial charge is 0.353 e. The van der Waals surface area contributed by atoms with Crippen LogP contribution in [-0.2, 0) is 9.47 Å². The molecule has 0 N–H and O–H groups in total. The molecule has 0 aromatic carbocycles. The Hall–Kier alpha value is -0.860. The summed E-state index contributed by atoms with van der Waals surface area (Å²) in [6.07, 6.45) is 4.89. The Balaban J connectivity index is 2.56. The summed E-state index contributed by atoms with van der Waals surface area (Å²) in [5.41, 5.74) is 2.41. The minimum atomic E-state index is -0.155. The number of allylic oxidation sites excluding steroid dienone is 2. The fourth-order valence-electron chi connectivity index (χ4n) is 1.95. The van der Waals surface area contributed by atoms with Crippen LogP contribution in [0, 0.1) is 5.92 Å². The lowest BCUT2D eigenvalue weighted by molar-refractivity contribution is -0.144. The molecule has 90 valence electrons. The normalized spacial score (nSPS) is 24.1. The molecule has 3 unspecified atom stereocenters. The zero-order chi connectivity index (χ0) is 12.1. The molecular weight excluding hydrogens is 200 g/mol. The predicted molar refractivity (Wildman–Crippen MR) is 67.2 cm³/mol. The summed E-state index contributed by atoms with van der Waals surface area (Å²) in [5.74, 6) is 0.350. The molecule has 0 aromatic heterocycles. The first-order chi connectivity index (χ1) is 7.58. The standard InChI is InChI=1S/C14H22O2/c1-6-10(3)14-9-13(8-11(14)4)16-12(5)15-7-2/h6,9-10,12-13H,1,4,7-8H2,2-3,5H3. The second-order valence-electron chi connectivity index (χ2n) is 4.15. The Morgan fingerprint density at radius 1 is 1.56 bits per heavy atom. The van der Waals surface area contributed by atoms with Gasteiger partial charge in [0.1, 0.15) is 0 Å². The molecule has 0 fully saturated rings. The molecule has 0 spiro atoms. The van der Waals surface area contributed by atoms with Crippen molar-refractivity contribution in [3.63, 3.8) is 0 Å². The van der Waals surface area contributed by atoms with Crippen molar-refractivity contribution in [2.45, 2.75) is 39.6 Å². The van der Waals surface area contributed by atoms with E-state index in [1.165, 1.54) is 5.57 Å². The summed E-state index contributed by atoms with van der Waals surface area (Å²) in [4.78, 5) is 0. The summed E-state index contributed by atoms with van der Waals surface area (Å²) in [5, 5.41) is 0. The lowest BCUT2D eigenvalue weighted by Crippen LogP contribution is -2.19. The summed E-state index contributed by atoms with van der Waals surface area (Å²) in [6, 6.07) is 0. The first-order valence-corrected chi connectivity index (χ1v) is 5.88. The van der Waals surface area contributed by atoms with Crippen LogP contribution in [0.15, 0.2) is 36.5 Å². The highest BCUT2D eigenvalue weighted by Gasteiger charge is 2.23. The van der Waals surface area contributed by atoms with Gasteiger partial charge < -0.3 is 9.47 Å². The maximum absolute atomic E-state index is 5.75. The van der Waals surface area contributed by atoms with Crippen LogP contribution in [0.1, 0.15) is 27.2 Å². The monoisotopic (exact) mass is 222 g/mol. The molecule has 0 aromatic rings. The van der Waals surface area contributed by atoms with Crippen LogP contribution in [-0.4, -0.2) is 19.0 Å². The zero-order valence-electron chi connectivity index (χ0n) is 10.5. The van der Waals surface area contributed by atoms with Gasteiger partial charge in [0.15, 0.2) is 6.29 Å². The van der Waals surface area contributed by atoms with E-state index in [0.717, 1.165) is 12.0 Å². The predicted octanol–water partition coefficient (Wildman–Crippen LogP) is 3.46. The van der Waals surface area contributed by atoms with E-state index in [-0.39, 0.29) is 12.4 Å². The van der Waals surface area contributed by atoms with Crippen molar-refractivity contribution in [2.75, 3.05) is 6.61 Å². The minimum Gasteiger partial charge on any atom is -0.353 e. The van der Waals surface area contributed by atoms with E-state index < -0.39 is 0 Å². The average molecular weight is 222 g/mol. The maximum atomic E-state index is 5.75. The lowest BCUT2D eigenvalue weighted by atomic mass is 9.98. The molecule has 0 saturated heterocycles. The Morgan fingerprint density at radius 3 is 2.81 bits per heavy atom. The van der Waals surface area contributed by atoms with Crippen molar-refractivity contribution in [3.8, 4) is 0 Å². The fourth-order valence-corrected chi connectivity index (χ4v) is 1.95. The second kappa shape index (κ2) is 6.02. The van der Waals surface area contributed by atoms with Crippen LogP contribution in [0.3, 0.4) is 0 Å². The fraction of sp³-hybridized carbons (Fsp3) is 0.571. The Labute approximate surface area is 98.6 Å². The van der Waals surface area contributed by atoms with Gasteiger partial charge in [0, 0.05) is 13.0 Å². The van der Waals surface area contributed by atoms with E-state index >= 15 is 0 Å². The number of ether oxygens (including phenoxy) is 2. The van der Waals surface area contributed by atoms with Gasteiger partial charge in [0.25, 0.3) is 0 Å². The quantitative estimate of drug-likeness (QED) is 0.506. The molecule has 0 heterocycles. The van der Waals surface area contributed by atoms with Gasteiger partial charge in [-0.25, -0.2) is 0 Å². The van der Waals surface area contributed by atoms with E-state index in [1.807, 2.05) is 19.9 Å². The SMILES string of the molecule is C=CC(C)C1=CC(OC(C)OCC)CC1=C. The molecule has 0 amide bonds. The molecular formula is C14H22O2. The van der Waals surface area contributed by atoms with Crippen LogP contribution < -0.4 is 0 Å². The van der Waals surface area contributed by atoms with Gasteiger partial charge in [-0.15, -0.1) is 6.58 Å². The summed E-state index contributed by atoms with van der Waals surface area (Å²) < 4.78 is 11.1. The third-order valence-corrected chi connectivity index (χ3v) is 2.83. The van der Waals surface area contributed by atoms with E-state index in [2.05, 4.69) is 26.2 Å². The van der Waals surface area contributed by atoms with E-state index in [9.17, 15) is 0 Å². The van der Waals surface area contributed by atoms with Crippen molar-refractivity contribution in [2.24, 2.45) is 5.92 Å². The third kappa shape index (κ3) is 3.32. The molecule has 0 bridgehead atoms. The minimum absolute atomic E-state index is 0.103. The number of hydrogen-bond acceptors (Lipinski definition) is 2. The molecule has 0 radical (unpaired) electrons. The maximum Gasteiger partial charge on any atom is 0.155 e. The van der Waals surface area contributed by atoms with Gasteiger partial charge in [-0.2, -0.15) is 0 Å². The number of hydrogen-bond donors (Lipinski definition) is 0. The highest BCUT2D eigenvalue weighted by atomic mass is 16.7. The van der Waals surface area contributed by atoms with Crippen molar-refractivity contribution in [3.05, 3.63) is 36.5 Å². The van der Waals surface area contributed by atoms with E-state index in [1.54, 1.807) is 0 Å². The first-order valence-electron chi connectivity index (χ1n) is 5.88. The average Bonchev–Trinajstić information content (AvgIpc) is 2.58. The Morgan fingerprint density at radius 2 is 2.25 bits per heavy atom. The molecule has 1 aliphatic carbocycles. The molecule has 3 atom stereocenters. The van der Waals surface area contributed by atoms with Gasteiger partial charge >= 0.3 is 0 Å². The van der Waals surface area contributed by atoms with Gasteiger partial charge in [-0.1, -0.05) is 25.7 Å². The van der Waals surface area contributed by atoms with Gasteiger partial charge in [0.2, 0.25) is 0 Å². The topological polar surface area (TPSA) is 18.5 Å². The van der Waals surface area contributed by atoms with Crippen molar-refractivity contribution < 1.29 is 9.47 Å². The smallest absolute Gasteiger partial charge is 0.155 e. The van der Waals surface area contributed by atoms with Crippen LogP contribution in [0.25, 0.3) is 0 Å². The van der Waals surface area contributed by atoms with E-state index in [4.69, 9.17) is 9.47 Å². The molecule has 16 heavy (non-hydrogen) atoms. The zero-order valence-corrected chi connectivity index (χ0v) is 10.5. The third-order valence-electron chi connectivity index (χ3n) is 2.83. The highest BCUT2D eigenvalue weighted by Crippen LogP contribution is 2.32. The highest BCUT2D eigenvalue weighted by molar-refractivity contribution is 5.39. The van der Waals surface area contributed by atoms with Crippen molar-refractivity contribution >= 4 is 0 Å². The van der Waals surface area contributed by atoms with Gasteiger partial charge in [-0.3, -0.25) is 0 Å². The first kappa shape index (κ1) is 13.2. The molecule has 0 aliphatic heterocycles. The van der Waals surface area contributed by atoms with Crippen molar-refractivity contribution in [1.29, 1.82) is 0 Å². The molecule has 2 heteroatoms. The Kier molecular flexibility index (Phi) is 4.97. The van der Waals surface area contributed by atoms with Crippen molar-refractivity contribution in [1.82, 2.24) is 0 Å². The Bertz CT molecular complexity index is 291. The molecule has 0 saturated carbocycles. The second-order valence-corrected chi connectivity index (χ2v) is 4.15. The molecule has 2 nitrogen and oxygen atoms in total. The van der Waals surface area contributed by atoms with Crippen LogP contribution in [0.2, 0.25) is 0 Å². The molecule has 1 rings (SSSR count). The lowest BCUT2D eigenvalue weighted by Gasteiger charge is -2.16. The summed E-state index contributed by atoms with van der Waals surface area (Å²) >= 11 is 0. The van der Waals surface area contributed by atoms with Gasteiger partial charge in [-0.05, 0) is 30.9 Å². The van der Waals surface area contributed by atoms with E-state index in [0.29, 0.717) is 12.5 Å². The summed E-state index contributed by atoms with van der Waals surface area (Å²) in [6.45, 7) is 14.6. The van der Waals surface area contributed by atoms with Crippen LogP contribution >= 0.6 is 0 Å². The van der Waals surface area contributed by atoms with Crippen LogP contribution in [0.4, 0.5) is 0 Å². The number of rotatable bonds is 6. The molecule has 1 aliphatic rings. The van der Waals surface area contributed by atoms with Crippen LogP contribution in [0.5, 0.6) is 0 Å².